The Morgan fingerprint density at radius 1 is 1.42 bits per heavy atom. The zero-order valence-electron chi connectivity index (χ0n) is 11.6. The number of amides is 2. The largest absolute Gasteiger partial charge is 0.478 e. The van der Waals surface area contributed by atoms with Crippen molar-refractivity contribution in [2.75, 3.05) is 12.4 Å². The SMILES string of the molecule is CCC(C)(C)N(C)C(=O)Nc1cncc(C(=O)O)c1. The predicted octanol–water partition coefficient (Wildman–Crippen LogP) is 2.43. The Morgan fingerprint density at radius 3 is 2.58 bits per heavy atom. The number of carbonyl (C=O) groups is 2. The quantitative estimate of drug-likeness (QED) is 0.875. The molecule has 104 valence electrons. The third-order valence-electron chi connectivity index (χ3n) is 3.31. The van der Waals surface area contributed by atoms with Gasteiger partial charge in [0.1, 0.15) is 0 Å². The molecule has 0 aliphatic heterocycles. The first-order valence-corrected chi connectivity index (χ1v) is 6.01. The number of aromatic carboxylic acids is 1. The van der Waals surface area contributed by atoms with E-state index in [0.29, 0.717) is 5.69 Å². The van der Waals surface area contributed by atoms with Crippen LogP contribution in [-0.2, 0) is 0 Å². The molecule has 0 unspecified atom stereocenters. The Labute approximate surface area is 112 Å². The van der Waals surface area contributed by atoms with Crippen LogP contribution >= 0.6 is 0 Å². The lowest BCUT2D eigenvalue weighted by molar-refractivity contribution is 0.0696. The number of urea groups is 1. The highest BCUT2D eigenvalue weighted by Crippen LogP contribution is 2.18. The molecule has 0 saturated carbocycles. The van der Waals surface area contributed by atoms with Crippen molar-refractivity contribution in [3.63, 3.8) is 0 Å². The molecule has 1 rings (SSSR count). The second kappa shape index (κ2) is 5.69. The van der Waals surface area contributed by atoms with E-state index in [2.05, 4.69) is 10.3 Å². The molecular formula is C13H19N3O3. The lowest BCUT2D eigenvalue weighted by Crippen LogP contribution is -2.46. The van der Waals surface area contributed by atoms with Gasteiger partial charge in [0.15, 0.2) is 0 Å². The summed E-state index contributed by atoms with van der Waals surface area (Å²) in [6.45, 7) is 5.91. The van der Waals surface area contributed by atoms with Crippen LogP contribution in [0.1, 0.15) is 37.6 Å². The van der Waals surface area contributed by atoms with Crippen LogP contribution in [0.15, 0.2) is 18.5 Å². The molecule has 0 aromatic carbocycles. The minimum absolute atomic E-state index is 0.0372. The van der Waals surface area contributed by atoms with Crippen molar-refractivity contribution in [2.24, 2.45) is 0 Å². The van der Waals surface area contributed by atoms with Crippen molar-refractivity contribution >= 4 is 17.7 Å². The topological polar surface area (TPSA) is 82.5 Å². The molecule has 2 amide bonds. The molecule has 2 N–H and O–H groups in total. The summed E-state index contributed by atoms with van der Waals surface area (Å²) in [6, 6.07) is 1.08. The third-order valence-corrected chi connectivity index (χ3v) is 3.31. The summed E-state index contributed by atoms with van der Waals surface area (Å²) >= 11 is 0. The van der Waals surface area contributed by atoms with Gasteiger partial charge >= 0.3 is 12.0 Å². The number of aromatic nitrogens is 1. The van der Waals surface area contributed by atoms with Gasteiger partial charge in [-0.3, -0.25) is 4.98 Å². The van der Waals surface area contributed by atoms with Gasteiger partial charge < -0.3 is 15.3 Å². The smallest absolute Gasteiger partial charge is 0.337 e. The van der Waals surface area contributed by atoms with Crippen molar-refractivity contribution in [1.82, 2.24) is 9.88 Å². The van der Waals surface area contributed by atoms with Crippen LogP contribution in [0, 0.1) is 0 Å². The highest BCUT2D eigenvalue weighted by atomic mass is 16.4. The Bertz CT molecular complexity index is 486. The van der Waals surface area contributed by atoms with E-state index in [0.717, 1.165) is 6.42 Å². The van der Waals surface area contributed by atoms with E-state index < -0.39 is 5.97 Å². The number of nitrogens with zero attached hydrogens (tertiary/aromatic N) is 2. The number of anilines is 1. The fourth-order valence-corrected chi connectivity index (χ4v) is 1.34. The molecule has 0 radical (unpaired) electrons. The normalized spacial score (nSPS) is 10.9. The molecule has 6 nitrogen and oxygen atoms in total. The van der Waals surface area contributed by atoms with Crippen molar-refractivity contribution in [1.29, 1.82) is 0 Å². The summed E-state index contributed by atoms with van der Waals surface area (Å²) in [5.41, 5.74) is 0.126. The van der Waals surface area contributed by atoms with Crippen LogP contribution in [0.2, 0.25) is 0 Å². The molecule has 19 heavy (non-hydrogen) atoms. The molecule has 0 aliphatic carbocycles. The average Bonchev–Trinajstić information content (AvgIpc) is 2.38. The fraction of sp³-hybridized carbons (Fsp3) is 0.462. The van der Waals surface area contributed by atoms with Crippen LogP contribution in [0.3, 0.4) is 0 Å². The van der Waals surface area contributed by atoms with Gasteiger partial charge in [0.2, 0.25) is 0 Å². The molecular weight excluding hydrogens is 246 g/mol. The van der Waals surface area contributed by atoms with Crippen LogP contribution in [0.25, 0.3) is 0 Å². The van der Waals surface area contributed by atoms with Gasteiger partial charge in [-0.05, 0) is 26.3 Å². The van der Waals surface area contributed by atoms with Gasteiger partial charge in [-0.2, -0.15) is 0 Å². The van der Waals surface area contributed by atoms with Crippen LogP contribution in [0.4, 0.5) is 10.5 Å². The second-order valence-corrected chi connectivity index (χ2v) is 4.92. The zero-order chi connectivity index (χ0) is 14.6. The molecule has 0 fully saturated rings. The van der Waals surface area contributed by atoms with Gasteiger partial charge in [0.25, 0.3) is 0 Å². The minimum atomic E-state index is -1.08. The maximum Gasteiger partial charge on any atom is 0.337 e. The number of carbonyl (C=O) groups excluding carboxylic acids is 1. The summed E-state index contributed by atoms with van der Waals surface area (Å²) in [6.07, 6.45) is 3.46. The van der Waals surface area contributed by atoms with Gasteiger partial charge in [0.05, 0.1) is 17.4 Å². The minimum Gasteiger partial charge on any atom is -0.478 e. The van der Waals surface area contributed by atoms with E-state index in [9.17, 15) is 9.59 Å². The Kier molecular flexibility index (Phi) is 4.47. The number of carboxylic acid groups (broad SMARTS) is 1. The van der Waals surface area contributed by atoms with Crippen molar-refractivity contribution < 1.29 is 14.7 Å². The summed E-state index contributed by atoms with van der Waals surface area (Å²) < 4.78 is 0. The van der Waals surface area contributed by atoms with Crippen LogP contribution in [-0.4, -0.2) is 39.6 Å². The van der Waals surface area contributed by atoms with E-state index in [4.69, 9.17) is 5.11 Å². The number of carboxylic acids is 1. The average molecular weight is 265 g/mol. The Hall–Kier alpha value is -2.11. The van der Waals surface area contributed by atoms with E-state index >= 15 is 0 Å². The molecule has 0 aliphatic rings. The number of nitrogens with one attached hydrogen (secondary N) is 1. The van der Waals surface area contributed by atoms with Gasteiger partial charge in [-0.25, -0.2) is 9.59 Å². The molecule has 6 heteroatoms. The first-order chi connectivity index (χ1) is 8.77. The van der Waals surface area contributed by atoms with E-state index in [-0.39, 0.29) is 17.1 Å². The molecule has 1 heterocycles. The van der Waals surface area contributed by atoms with Crippen molar-refractivity contribution in [3.05, 3.63) is 24.0 Å². The number of rotatable bonds is 4. The Morgan fingerprint density at radius 2 is 2.05 bits per heavy atom. The first-order valence-electron chi connectivity index (χ1n) is 6.01. The second-order valence-electron chi connectivity index (χ2n) is 4.92. The van der Waals surface area contributed by atoms with E-state index in [1.807, 2.05) is 20.8 Å². The zero-order valence-corrected chi connectivity index (χ0v) is 11.6. The van der Waals surface area contributed by atoms with Crippen molar-refractivity contribution in [3.8, 4) is 0 Å². The lowest BCUT2D eigenvalue weighted by atomic mass is 10.0. The maximum atomic E-state index is 12.0. The maximum absolute atomic E-state index is 12.0. The van der Waals surface area contributed by atoms with Crippen LogP contribution in [0.5, 0.6) is 0 Å². The molecule has 0 spiro atoms. The van der Waals surface area contributed by atoms with Gasteiger partial charge in [0, 0.05) is 18.8 Å². The summed E-state index contributed by atoms with van der Waals surface area (Å²) in [7, 11) is 1.70. The van der Waals surface area contributed by atoms with Gasteiger partial charge in [-0.1, -0.05) is 6.92 Å². The summed E-state index contributed by atoms with van der Waals surface area (Å²) in [5, 5.41) is 11.5. The van der Waals surface area contributed by atoms with Crippen LogP contribution < -0.4 is 5.32 Å². The standard InChI is InChI=1S/C13H19N3O3/c1-5-13(2,3)16(4)12(19)15-10-6-9(11(17)18)7-14-8-10/h6-8H,5H2,1-4H3,(H,15,19)(H,17,18). The molecule has 0 saturated heterocycles. The highest BCUT2D eigenvalue weighted by Gasteiger charge is 2.25. The van der Waals surface area contributed by atoms with E-state index in [1.165, 1.54) is 18.5 Å². The number of pyridine rings is 1. The predicted molar refractivity (Wildman–Crippen MR) is 72.3 cm³/mol. The Balaban J connectivity index is 2.83. The molecule has 0 bridgehead atoms. The summed E-state index contributed by atoms with van der Waals surface area (Å²) in [4.78, 5) is 28.2. The monoisotopic (exact) mass is 265 g/mol. The van der Waals surface area contributed by atoms with Crippen molar-refractivity contribution in [2.45, 2.75) is 32.7 Å². The number of hydrogen-bond acceptors (Lipinski definition) is 3. The highest BCUT2D eigenvalue weighted by molar-refractivity contribution is 5.92. The molecule has 1 aromatic rings. The fourth-order valence-electron chi connectivity index (χ4n) is 1.34. The first kappa shape index (κ1) is 14.9. The molecule has 1 aromatic heterocycles. The molecule has 0 atom stereocenters. The summed E-state index contributed by atoms with van der Waals surface area (Å²) in [5.74, 6) is -1.08. The van der Waals surface area contributed by atoms with Gasteiger partial charge in [-0.15, -0.1) is 0 Å². The third kappa shape index (κ3) is 3.67. The van der Waals surface area contributed by atoms with E-state index in [1.54, 1.807) is 11.9 Å². The lowest BCUT2D eigenvalue weighted by Gasteiger charge is -2.34. The number of hydrogen-bond donors (Lipinski definition) is 2.